The Kier molecular flexibility index (Phi) is 5.44. The number of anilines is 4. The van der Waals surface area contributed by atoms with Gasteiger partial charge >= 0.3 is 0 Å². The van der Waals surface area contributed by atoms with Gasteiger partial charge in [0.2, 0.25) is 5.95 Å². The molecule has 1 heterocycles. The SMILES string of the molecule is COc1cc(Cl)c(C)cc1Nc1nncc(Nc2ccc(Cl)cc2C)n1. The Balaban J connectivity index is 1.85. The summed E-state index contributed by atoms with van der Waals surface area (Å²) < 4.78 is 5.36. The van der Waals surface area contributed by atoms with Crippen LogP contribution in [0.4, 0.5) is 23.1 Å². The third kappa shape index (κ3) is 4.15. The van der Waals surface area contributed by atoms with Crippen molar-refractivity contribution >= 4 is 46.3 Å². The van der Waals surface area contributed by atoms with Crippen LogP contribution in [0.2, 0.25) is 10.0 Å². The Morgan fingerprint density at radius 2 is 1.77 bits per heavy atom. The second-order valence-electron chi connectivity index (χ2n) is 5.68. The molecular weight excluding hydrogens is 373 g/mol. The second kappa shape index (κ2) is 7.76. The number of hydrogen-bond acceptors (Lipinski definition) is 6. The predicted octanol–water partition coefficient (Wildman–Crippen LogP) is 5.29. The molecule has 1 aromatic heterocycles. The van der Waals surface area contributed by atoms with Crippen LogP contribution in [-0.2, 0) is 0 Å². The molecule has 26 heavy (non-hydrogen) atoms. The Labute approximate surface area is 161 Å². The van der Waals surface area contributed by atoms with Gasteiger partial charge in [-0.1, -0.05) is 23.2 Å². The highest BCUT2D eigenvalue weighted by atomic mass is 35.5. The van der Waals surface area contributed by atoms with Crippen molar-refractivity contribution in [3.8, 4) is 5.75 Å². The molecule has 0 bridgehead atoms. The zero-order valence-electron chi connectivity index (χ0n) is 14.5. The number of rotatable bonds is 5. The van der Waals surface area contributed by atoms with Gasteiger partial charge in [-0.3, -0.25) is 0 Å². The molecule has 3 rings (SSSR count). The monoisotopic (exact) mass is 389 g/mol. The molecule has 0 aliphatic heterocycles. The van der Waals surface area contributed by atoms with Crippen molar-refractivity contribution in [1.29, 1.82) is 0 Å². The lowest BCUT2D eigenvalue weighted by atomic mass is 10.2. The van der Waals surface area contributed by atoms with Crippen LogP contribution < -0.4 is 15.4 Å². The number of nitrogens with one attached hydrogen (secondary N) is 2. The van der Waals surface area contributed by atoms with Gasteiger partial charge < -0.3 is 15.4 Å². The van der Waals surface area contributed by atoms with Crippen molar-refractivity contribution in [2.75, 3.05) is 17.7 Å². The third-order valence-electron chi connectivity index (χ3n) is 3.74. The first kappa shape index (κ1) is 18.2. The topological polar surface area (TPSA) is 72.0 Å². The molecule has 2 N–H and O–H groups in total. The minimum Gasteiger partial charge on any atom is -0.495 e. The summed E-state index contributed by atoms with van der Waals surface area (Å²) >= 11 is 12.1. The first-order valence-corrected chi connectivity index (χ1v) is 8.56. The quantitative estimate of drug-likeness (QED) is 0.617. The zero-order chi connectivity index (χ0) is 18.7. The minimum atomic E-state index is 0.335. The number of halogens is 2. The summed E-state index contributed by atoms with van der Waals surface area (Å²) in [7, 11) is 1.58. The van der Waals surface area contributed by atoms with Crippen molar-refractivity contribution in [3.63, 3.8) is 0 Å². The molecule has 8 heteroatoms. The fourth-order valence-corrected chi connectivity index (χ4v) is 2.75. The molecular formula is C18H17Cl2N5O. The molecule has 6 nitrogen and oxygen atoms in total. The summed E-state index contributed by atoms with van der Waals surface area (Å²) in [5, 5.41) is 15.6. The highest BCUT2D eigenvalue weighted by Gasteiger charge is 2.10. The van der Waals surface area contributed by atoms with E-state index in [9.17, 15) is 0 Å². The van der Waals surface area contributed by atoms with Crippen molar-refractivity contribution < 1.29 is 4.74 Å². The van der Waals surface area contributed by atoms with Crippen molar-refractivity contribution in [2.24, 2.45) is 0 Å². The Bertz CT molecular complexity index is 949. The largest absolute Gasteiger partial charge is 0.495 e. The van der Waals surface area contributed by atoms with Crippen LogP contribution in [0.25, 0.3) is 0 Å². The third-order valence-corrected chi connectivity index (χ3v) is 4.38. The first-order valence-electron chi connectivity index (χ1n) is 7.80. The summed E-state index contributed by atoms with van der Waals surface area (Å²) in [5.74, 6) is 1.48. The number of aromatic nitrogens is 3. The average molecular weight is 390 g/mol. The predicted molar refractivity (Wildman–Crippen MR) is 105 cm³/mol. The van der Waals surface area contributed by atoms with Crippen LogP contribution in [0.3, 0.4) is 0 Å². The number of methoxy groups -OCH3 is 1. The summed E-state index contributed by atoms with van der Waals surface area (Å²) in [6.45, 7) is 3.87. The van der Waals surface area contributed by atoms with Gasteiger partial charge in [0.1, 0.15) is 5.75 Å². The Morgan fingerprint density at radius 3 is 2.50 bits per heavy atom. The smallest absolute Gasteiger partial charge is 0.249 e. The normalized spacial score (nSPS) is 10.5. The van der Waals surface area contributed by atoms with E-state index >= 15 is 0 Å². The highest BCUT2D eigenvalue weighted by Crippen LogP contribution is 2.32. The summed E-state index contributed by atoms with van der Waals surface area (Å²) in [5.41, 5.74) is 3.51. The van der Waals surface area contributed by atoms with Crippen molar-refractivity contribution in [2.45, 2.75) is 13.8 Å². The maximum Gasteiger partial charge on any atom is 0.249 e. The first-order chi connectivity index (χ1) is 12.5. The molecule has 0 unspecified atom stereocenters. The molecule has 0 fully saturated rings. The fraction of sp³-hybridized carbons (Fsp3) is 0.167. The molecule has 134 valence electrons. The van der Waals surface area contributed by atoms with E-state index in [1.165, 1.54) is 0 Å². The molecule has 0 radical (unpaired) electrons. The standard InChI is InChI=1S/C18H17Cl2N5O/c1-10-7-15(16(26-3)8-13(10)20)23-18-24-17(9-21-25-18)22-14-5-4-12(19)6-11(14)2/h4-9H,1-3H3,(H2,22,23,24,25). The summed E-state index contributed by atoms with van der Waals surface area (Å²) in [6, 6.07) is 9.18. The lowest BCUT2D eigenvalue weighted by Gasteiger charge is -2.13. The molecule has 0 saturated carbocycles. The van der Waals surface area contributed by atoms with Crippen LogP contribution in [0.15, 0.2) is 36.5 Å². The fourth-order valence-electron chi connectivity index (χ4n) is 2.37. The number of nitrogens with zero attached hydrogens (tertiary/aromatic N) is 3. The van der Waals surface area contributed by atoms with E-state index < -0.39 is 0 Å². The molecule has 0 aliphatic rings. The van der Waals surface area contributed by atoms with Gasteiger partial charge in [0, 0.05) is 21.8 Å². The molecule has 0 amide bonds. The van der Waals surface area contributed by atoms with Gasteiger partial charge in [0.05, 0.1) is 19.0 Å². The second-order valence-corrected chi connectivity index (χ2v) is 6.52. The van der Waals surface area contributed by atoms with E-state index in [0.29, 0.717) is 33.2 Å². The van der Waals surface area contributed by atoms with Crippen LogP contribution in [-0.4, -0.2) is 22.3 Å². The number of aryl methyl sites for hydroxylation is 2. The van der Waals surface area contributed by atoms with Gasteiger partial charge in [-0.25, -0.2) is 0 Å². The molecule has 0 saturated heterocycles. The van der Waals surface area contributed by atoms with Crippen LogP contribution in [0.5, 0.6) is 5.75 Å². The lowest BCUT2D eigenvalue weighted by Crippen LogP contribution is -2.04. The molecule has 0 atom stereocenters. The van der Waals surface area contributed by atoms with E-state index in [4.69, 9.17) is 27.9 Å². The summed E-state index contributed by atoms with van der Waals surface area (Å²) in [4.78, 5) is 4.44. The van der Waals surface area contributed by atoms with Gasteiger partial charge in [0.15, 0.2) is 5.82 Å². The number of hydrogen-bond donors (Lipinski definition) is 2. The molecule has 0 aliphatic carbocycles. The van der Waals surface area contributed by atoms with Crippen LogP contribution >= 0.6 is 23.2 Å². The van der Waals surface area contributed by atoms with E-state index in [0.717, 1.165) is 16.8 Å². The van der Waals surface area contributed by atoms with Gasteiger partial charge in [-0.15, -0.1) is 5.10 Å². The lowest BCUT2D eigenvalue weighted by molar-refractivity contribution is 0.416. The van der Waals surface area contributed by atoms with Crippen molar-refractivity contribution in [1.82, 2.24) is 15.2 Å². The Hall–Kier alpha value is -2.57. The van der Waals surface area contributed by atoms with Gasteiger partial charge in [-0.2, -0.15) is 10.1 Å². The van der Waals surface area contributed by atoms with E-state index in [1.807, 2.05) is 38.1 Å². The van der Waals surface area contributed by atoms with E-state index in [-0.39, 0.29) is 0 Å². The van der Waals surface area contributed by atoms with Crippen molar-refractivity contribution in [3.05, 3.63) is 57.7 Å². The summed E-state index contributed by atoms with van der Waals surface area (Å²) in [6.07, 6.45) is 1.55. The Morgan fingerprint density at radius 1 is 0.962 bits per heavy atom. The van der Waals surface area contributed by atoms with Gasteiger partial charge in [0.25, 0.3) is 0 Å². The molecule has 3 aromatic rings. The highest BCUT2D eigenvalue weighted by molar-refractivity contribution is 6.31. The maximum atomic E-state index is 6.14. The maximum absolute atomic E-state index is 6.14. The number of benzene rings is 2. The van der Waals surface area contributed by atoms with E-state index in [2.05, 4.69) is 25.8 Å². The molecule has 0 spiro atoms. The minimum absolute atomic E-state index is 0.335. The molecule has 2 aromatic carbocycles. The van der Waals surface area contributed by atoms with Gasteiger partial charge in [-0.05, 0) is 49.2 Å². The van der Waals surface area contributed by atoms with Crippen LogP contribution in [0.1, 0.15) is 11.1 Å². The number of ether oxygens (including phenoxy) is 1. The zero-order valence-corrected chi connectivity index (χ0v) is 16.0. The van der Waals surface area contributed by atoms with Crippen LogP contribution in [0, 0.1) is 13.8 Å². The van der Waals surface area contributed by atoms with E-state index in [1.54, 1.807) is 19.4 Å². The average Bonchev–Trinajstić information content (AvgIpc) is 2.61.